The van der Waals surface area contributed by atoms with E-state index in [-0.39, 0.29) is 6.10 Å². The van der Waals surface area contributed by atoms with Gasteiger partial charge in [0, 0.05) is 31.9 Å². The second-order valence-corrected chi connectivity index (χ2v) is 5.51. The van der Waals surface area contributed by atoms with E-state index in [1.165, 1.54) is 0 Å². The van der Waals surface area contributed by atoms with Crippen LogP contribution in [-0.4, -0.2) is 45.5 Å². The Bertz CT molecular complexity index is 434. The van der Waals surface area contributed by atoms with E-state index in [0.29, 0.717) is 17.6 Å². The minimum Gasteiger partial charge on any atom is -0.391 e. The van der Waals surface area contributed by atoms with E-state index >= 15 is 0 Å². The van der Waals surface area contributed by atoms with Crippen molar-refractivity contribution in [2.24, 2.45) is 5.73 Å². The highest BCUT2D eigenvalue weighted by atomic mass is 32.1. The summed E-state index contributed by atoms with van der Waals surface area (Å²) in [4.78, 5) is 2.73. The third kappa shape index (κ3) is 3.75. The molecule has 2 atom stereocenters. The van der Waals surface area contributed by atoms with E-state index in [0.717, 1.165) is 31.7 Å². The number of hydrogen-bond donors (Lipinski definition) is 1. The van der Waals surface area contributed by atoms with Gasteiger partial charge in [-0.3, -0.25) is 9.58 Å². The Morgan fingerprint density at radius 3 is 3.16 bits per heavy atom. The number of thiocarbonyl (C=S) groups is 1. The van der Waals surface area contributed by atoms with Crippen LogP contribution in [0.4, 0.5) is 0 Å². The molecule has 0 spiro atoms. The zero-order valence-corrected chi connectivity index (χ0v) is 12.4. The summed E-state index contributed by atoms with van der Waals surface area (Å²) >= 11 is 4.99. The average Bonchev–Trinajstić information content (AvgIpc) is 2.86. The standard InChI is InChI=1S/C13H22N4OS/c1-3-10(2)17-5-4-11(15-17)8-16-6-7-18-12(9-16)13(14)19/h4-5,10,12H,3,6-9H2,1-2H3,(H2,14,19). The van der Waals surface area contributed by atoms with Crippen LogP contribution in [0.2, 0.25) is 0 Å². The lowest BCUT2D eigenvalue weighted by Gasteiger charge is -2.31. The van der Waals surface area contributed by atoms with Crippen LogP contribution < -0.4 is 5.73 Å². The van der Waals surface area contributed by atoms with Gasteiger partial charge in [-0.1, -0.05) is 19.1 Å². The van der Waals surface area contributed by atoms with Crippen molar-refractivity contribution in [2.45, 2.75) is 39.0 Å². The fraction of sp³-hybridized carbons (Fsp3) is 0.692. The van der Waals surface area contributed by atoms with E-state index < -0.39 is 0 Å². The quantitative estimate of drug-likeness (QED) is 0.826. The summed E-state index contributed by atoms with van der Waals surface area (Å²) in [7, 11) is 0. The molecule has 0 radical (unpaired) electrons. The van der Waals surface area contributed by atoms with Gasteiger partial charge in [-0.2, -0.15) is 5.10 Å². The highest BCUT2D eigenvalue weighted by Crippen LogP contribution is 2.12. The lowest BCUT2D eigenvalue weighted by Crippen LogP contribution is -2.47. The molecule has 0 amide bonds. The van der Waals surface area contributed by atoms with E-state index in [9.17, 15) is 0 Å². The van der Waals surface area contributed by atoms with Crippen molar-refractivity contribution in [3.05, 3.63) is 18.0 Å². The molecule has 0 bridgehead atoms. The maximum absolute atomic E-state index is 5.64. The number of morpholine rings is 1. The van der Waals surface area contributed by atoms with Gasteiger partial charge in [0.05, 0.1) is 12.3 Å². The molecule has 2 unspecified atom stereocenters. The predicted octanol–water partition coefficient (Wildman–Crippen LogP) is 1.34. The molecule has 1 saturated heterocycles. The molecule has 1 aliphatic heterocycles. The monoisotopic (exact) mass is 282 g/mol. The smallest absolute Gasteiger partial charge is 0.120 e. The fourth-order valence-electron chi connectivity index (χ4n) is 2.14. The molecule has 0 aliphatic carbocycles. The summed E-state index contributed by atoms with van der Waals surface area (Å²) in [6.07, 6.45) is 3.01. The highest BCUT2D eigenvalue weighted by Gasteiger charge is 2.23. The van der Waals surface area contributed by atoms with Gasteiger partial charge in [0.25, 0.3) is 0 Å². The zero-order valence-electron chi connectivity index (χ0n) is 11.6. The van der Waals surface area contributed by atoms with Gasteiger partial charge in [-0.25, -0.2) is 0 Å². The van der Waals surface area contributed by atoms with Gasteiger partial charge in [-0.15, -0.1) is 0 Å². The number of ether oxygens (including phenoxy) is 1. The number of rotatable bonds is 5. The molecule has 2 heterocycles. The molecule has 1 aromatic rings. The number of nitrogens with two attached hydrogens (primary N) is 1. The number of aromatic nitrogens is 2. The first-order valence-corrected chi connectivity index (χ1v) is 7.18. The topological polar surface area (TPSA) is 56.3 Å². The van der Waals surface area contributed by atoms with Crippen LogP contribution in [-0.2, 0) is 11.3 Å². The van der Waals surface area contributed by atoms with E-state index in [1.54, 1.807) is 0 Å². The van der Waals surface area contributed by atoms with E-state index in [2.05, 4.69) is 36.1 Å². The van der Waals surface area contributed by atoms with Crippen LogP contribution in [0.25, 0.3) is 0 Å². The molecule has 1 fully saturated rings. The number of hydrogen-bond acceptors (Lipinski definition) is 4. The van der Waals surface area contributed by atoms with Crippen molar-refractivity contribution in [1.29, 1.82) is 0 Å². The summed E-state index contributed by atoms with van der Waals surface area (Å²) in [5, 5.41) is 4.62. The second kappa shape index (κ2) is 6.45. The predicted molar refractivity (Wildman–Crippen MR) is 79.0 cm³/mol. The maximum atomic E-state index is 5.64. The van der Waals surface area contributed by atoms with Crippen molar-refractivity contribution in [1.82, 2.24) is 14.7 Å². The van der Waals surface area contributed by atoms with E-state index in [4.69, 9.17) is 22.7 Å². The Balaban J connectivity index is 1.93. The van der Waals surface area contributed by atoms with Crippen LogP contribution in [0.15, 0.2) is 12.3 Å². The molecule has 0 saturated carbocycles. The minimum atomic E-state index is -0.125. The molecule has 106 valence electrons. The summed E-state index contributed by atoms with van der Waals surface area (Å²) in [6.45, 7) is 7.50. The molecular weight excluding hydrogens is 260 g/mol. The van der Waals surface area contributed by atoms with Gasteiger partial charge in [0.1, 0.15) is 11.1 Å². The largest absolute Gasteiger partial charge is 0.391 e. The van der Waals surface area contributed by atoms with Crippen LogP contribution in [0, 0.1) is 0 Å². The fourth-order valence-corrected chi connectivity index (χ4v) is 2.28. The van der Waals surface area contributed by atoms with Crippen LogP contribution >= 0.6 is 12.2 Å². The average molecular weight is 282 g/mol. The maximum Gasteiger partial charge on any atom is 0.120 e. The number of nitrogens with zero attached hydrogens (tertiary/aromatic N) is 3. The first kappa shape index (κ1) is 14.4. The van der Waals surface area contributed by atoms with Gasteiger partial charge >= 0.3 is 0 Å². The van der Waals surface area contributed by atoms with Gasteiger partial charge in [-0.05, 0) is 19.4 Å². The highest BCUT2D eigenvalue weighted by molar-refractivity contribution is 7.80. The molecule has 6 heteroatoms. The van der Waals surface area contributed by atoms with Crippen LogP contribution in [0.1, 0.15) is 32.0 Å². The molecule has 1 aromatic heterocycles. The molecule has 2 rings (SSSR count). The Kier molecular flexibility index (Phi) is 4.90. The van der Waals surface area contributed by atoms with Crippen LogP contribution in [0.5, 0.6) is 0 Å². The van der Waals surface area contributed by atoms with Crippen molar-refractivity contribution in [3.8, 4) is 0 Å². The minimum absolute atomic E-state index is 0.125. The van der Waals surface area contributed by atoms with Crippen molar-refractivity contribution < 1.29 is 4.74 Å². The molecule has 5 nitrogen and oxygen atoms in total. The van der Waals surface area contributed by atoms with E-state index in [1.807, 2.05) is 4.68 Å². The third-order valence-electron chi connectivity index (χ3n) is 3.56. The first-order chi connectivity index (χ1) is 9.10. The second-order valence-electron chi connectivity index (χ2n) is 5.04. The Morgan fingerprint density at radius 1 is 1.68 bits per heavy atom. The summed E-state index contributed by atoms with van der Waals surface area (Å²) in [6, 6.07) is 2.53. The van der Waals surface area contributed by atoms with Gasteiger partial charge in [0.15, 0.2) is 0 Å². The molecule has 0 aromatic carbocycles. The molecular formula is C13H22N4OS. The van der Waals surface area contributed by atoms with Crippen molar-refractivity contribution in [2.75, 3.05) is 19.7 Å². The van der Waals surface area contributed by atoms with Crippen molar-refractivity contribution in [3.63, 3.8) is 0 Å². The Hall–Kier alpha value is -0.980. The lowest BCUT2D eigenvalue weighted by molar-refractivity contribution is 0.00338. The summed E-state index contributed by atoms with van der Waals surface area (Å²) in [5.41, 5.74) is 6.73. The SMILES string of the molecule is CCC(C)n1ccc(CN2CCOC(C(N)=S)C2)n1. The summed E-state index contributed by atoms with van der Waals surface area (Å²) < 4.78 is 7.56. The molecule has 2 N–H and O–H groups in total. The molecule has 1 aliphatic rings. The normalized spacial score (nSPS) is 22.3. The lowest BCUT2D eigenvalue weighted by atomic mass is 10.2. The Morgan fingerprint density at radius 2 is 2.47 bits per heavy atom. The van der Waals surface area contributed by atoms with Gasteiger partial charge < -0.3 is 10.5 Å². The van der Waals surface area contributed by atoms with Gasteiger partial charge in [0.2, 0.25) is 0 Å². The first-order valence-electron chi connectivity index (χ1n) is 6.77. The molecule has 19 heavy (non-hydrogen) atoms. The third-order valence-corrected chi connectivity index (χ3v) is 3.82. The van der Waals surface area contributed by atoms with Crippen molar-refractivity contribution >= 4 is 17.2 Å². The summed E-state index contributed by atoms with van der Waals surface area (Å²) in [5.74, 6) is 0. The zero-order chi connectivity index (χ0) is 13.8. The Labute approximate surface area is 119 Å². The van der Waals surface area contributed by atoms with Crippen LogP contribution in [0.3, 0.4) is 0 Å².